The van der Waals surface area contributed by atoms with Crippen molar-refractivity contribution in [3.8, 4) is 11.5 Å². The number of hydrogen-bond donors (Lipinski definition) is 2. The van der Waals surface area contributed by atoms with Crippen LogP contribution in [0, 0.1) is 0 Å². The minimum atomic E-state index is -0.658. The second-order valence-corrected chi connectivity index (χ2v) is 7.74. The molecule has 1 unspecified atom stereocenters. The van der Waals surface area contributed by atoms with E-state index in [4.69, 9.17) is 14.2 Å². The van der Waals surface area contributed by atoms with Gasteiger partial charge < -0.3 is 24.8 Å². The van der Waals surface area contributed by atoms with Crippen molar-refractivity contribution in [3.63, 3.8) is 0 Å². The zero-order valence-electron chi connectivity index (χ0n) is 15.9. The molecular weight excluding hydrogens is 394 g/mol. The summed E-state index contributed by atoms with van der Waals surface area (Å²) in [5, 5.41) is 7.44. The molecule has 1 aromatic carbocycles. The first kappa shape index (κ1) is 19.7. The van der Waals surface area contributed by atoms with Gasteiger partial charge in [0.15, 0.2) is 11.5 Å². The average molecular weight is 417 g/mol. The summed E-state index contributed by atoms with van der Waals surface area (Å²) in [6.07, 6.45) is 0. The topological polar surface area (TPSA) is 89.1 Å². The normalized spacial score (nSPS) is 17.0. The van der Waals surface area contributed by atoms with E-state index in [0.717, 1.165) is 23.5 Å². The van der Waals surface area contributed by atoms with Gasteiger partial charge in [-0.15, -0.1) is 11.3 Å². The summed E-state index contributed by atoms with van der Waals surface area (Å²) in [5.41, 5.74) is 0.833. The van der Waals surface area contributed by atoms with E-state index >= 15 is 0 Å². The van der Waals surface area contributed by atoms with E-state index in [2.05, 4.69) is 21.6 Å². The van der Waals surface area contributed by atoms with Crippen molar-refractivity contribution < 1.29 is 23.8 Å². The summed E-state index contributed by atoms with van der Waals surface area (Å²) >= 11 is 1.65. The maximum absolute atomic E-state index is 12.3. The Labute approximate surface area is 172 Å². The lowest BCUT2D eigenvalue weighted by Gasteiger charge is -2.34. The predicted octanol–water partition coefficient (Wildman–Crippen LogP) is 1.28. The number of fused-ring (bicyclic) bond motifs is 1. The number of carbonyl (C=O) groups is 2. The van der Waals surface area contributed by atoms with Gasteiger partial charge in [0.25, 0.3) is 0 Å². The SMILES string of the molecule is O=C(NCc1ccc2c(c1)OCO2)C(=O)NCC(c1cccs1)N1CCOCC1. The van der Waals surface area contributed by atoms with Crippen LogP contribution in [0.15, 0.2) is 35.7 Å². The van der Waals surface area contributed by atoms with E-state index in [9.17, 15) is 9.59 Å². The first-order valence-corrected chi connectivity index (χ1v) is 10.4. The zero-order valence-corrected chi connectivity index (χ0v) is 16.7. The molecule has 3 heterocycles. The van der Waals surface area contributed by atoms with E-state index < -0.39 is 11.8 Å². The predicted molar refractivity (Wildman–Crippen MR) is 107 cm³/mol. The van der Waals surface area contributed by atoms with E-state index in [1.54, 1.807) is 23.5 Å². The number of hydrogen-bond acceptors (Lipinski definition) is 7. The molecule has 1 aromatic heterocycles. The highest BCUT2D eigenvalue weighted by Crippen LogP contribution is 2.32. The fourth-order valence-electron chi connectivity index (χ4n) is 3.36. The Morgan fingerprint density at radius 1 is 1.07 bits per heavy atom. The number of nitrogens with one attached hydrogen (secondary N) is 2. The molecule has 0 radical (unpaired) electrons. The van der Waals surface area contributed by atoms with Crippen LogP contribution in [0.1, 0.15) is 16.5 Å². The van der Waals surface area contributed by atoms with Gasteiger partial charge in [-0.2, -0.15) is 0 Å². The van der Waals surface area contributed by atoms with Crippen LogP contribution in [0.4, 0.5) is 0 Å². The maximum Gasteiger partial charge on any atom is 0.309 e. The number of benzene rings is 1. The van der Waals surface area contributed by atoms with Crippen molar-refractivity contribution in [2.24, 2.45) is 0 Å². The summed E-state index contributed by atoms with van der Waals surface area (Å²) in [7, 11) is 0. The molecule has 1 fully saturated rings. The minimum Gasteiger partial charge on any atom is -0.454 e. The third-order valence-electron chi connectivity index (χ3n) is 4.91. The van der Waals surface area contributed by atoms with E-state index in [0.29, 0.717) is 31.3 Å². The smallest absolute Gasteiger partial charge is 0.309 e. The van der Waals surface area contributed by atoms with Crippen molar-refractivity contribution in [2.75, 3.05) is 39.6 Å². The number of nitrogens with zero attached hydrogens (tertiary/aromatic N) is 1. The van der Waals surface area contributed by atoms with Crippen LogP contribution in [-0.4, -0.2) is 56.4 Å². The quantitative estimate of drug-likeness (QED) is 0.689. The van der Waals surface area contributed by atoms with E-state index in [-0.39, 0.29) is 19.4 Å². The molecule has 0 aliphatic carbocycles. The van der Waals surface area contributed by atoms with E-state index in [1.807, 2.05) is 17.5 Å². The molecule has 2 N–H and O–H groups in total. The summed E-state index contributed by atoms with van der Waals surface area (Å²) in [5.74, 6) is 0.0289. The molecule has 0 spiro atoms. The highest BCUT2D eigenvalue weighted by Gasteiger charge is 2.25. The van der Waals surface area contributed by atoms with Crippen LogP contribution in [0.2, 0.25) is 0 Å². The van der Waals surface area contributed by atoms with Crippen LogP contribution in [0.25, 0.3) is 0 Å². The van der Waals surface area contributed by atoms with Gasteiger partial charge in [-0.1, -0.05) is 12.1 Å². The number of ether oxygens (including phenoxy) is 3. The Kier molecular flexibility index (Phi) is 6.28. The Morgan fingerprint density at radius 2 is 1.86 bits per heavy atom. The fourth-order valence-corrected chi connectivity index (χ4v) is 4.22. The Bertz CT molecular complexity index is 852. The molecule has 29 heavy (non-hydrogen) atoms. The molecule has 2 amide bonds. The van der Waals surface area contributed by atoms with Gasteiger partial charge in [-0.3, -0.25) is 14.5 Å². The molecule has 4 rings (SSSR count). The number of rotatable bonds is 6. The summed E-state index contributed by atoms with van der Waals surface area (Å²) in [6.45, 7) is 3.75. The fraction of sp³-hybridized carbons (Fsp3) is 0.400. The molecule has 2 aromatic rings. The number of carbonyl (C=O) groups excluding carboxylic acids is 2. The molecule has 2 aliphatic heterocycles. The highest BCUT2D eigenvalue weighted by atomic mass is 32.1. The van der Waals surface area contributed by atoms with Crippen molar-refractivity contribution in [3.05, 3.63) is 46.2 Å². The first-order chi connectivity index (χ1) is 14.2. The van der Waals surface area contributed by atoms with Crippen LogP contribution >= 0.6 is 11.3 Å². The third-order valence-corrected chi connectivity index (χ3v) is 5.88. The molecule has 0 saturated carbocycles. The lowest BCUT2D eigenvalue weighted by atomic mass is 10.2. The first-order valence-electron chi connectivity index (χ1n) is 9.50. The molecule has 9 heteroatoms. The summed E-state index contributed by atoms with van der Waals surface area (Å²) in [4.78, 5) is 28.0. The lowest BCUT2D eigenvalue weighted by Crippen LogP contribution is -2.46. The van der Waals surface area contributed by atoms with Gasteiger partial charge >= 0.3 is 11.8 Å². The highest BCUT2D eigenvalue weighted by molar-refractivity contribution is 7.10. The number of morpholine rings is 1. The third kappa shape index (κ3) is 4.87. The molecule has 2 aliphatic rings. The monoisotopic (exact) mass is 417 g/mol. The standard InChI is InChI=1S/C20H23N3O5S/c24-19(21-11-14-3-4-16-17(10-14)28-13-27-16)20(25)22-12-15(18-2-1-9-29-18)23-5-7-26-8-6-23/h1-4,9-10,15H,5-8,11-13H2,(H,21,24)(H,22,25). The van der Waals surface area contributed by atoms with Crippen LogP contribution in [-0.2, 0) is 20.9 Å². The minimum absolute atomic E-state index is 0.0320. The molecular formula is C20H23N3O5S. The Hall–Kier alpha value is -2.62. The molecule has 8 nitrogen and oxygen atoms in total. The number of thiophene rings is 1. The second kappa shape index (κ2) is 9.25. The maximum atomic E-state index is 12.3. The van der Waals surface area contributed by atoms with Crippen molar-refractivity contribution in [2.45, 2.75) is 12.6 Å². The van der Waals surface area contributed by atoms with Crippen LogP contribution in [0.3, 0.4) is 0 Å². The van der Waals surface area contributed by atoms with Crippen LogP contribution in [0.5, 0.6) is 11.5 Å². The average Bonchev–Trinajstić information content (AvgIpc) is 3.44. The van der Waals surface area contributed by atoms with Crippen molar-refractivity contribution in [1.82, 2.24) is 15.5 Å². The lowest BCUT2D eigenvalue weighted by molar-refractivity contribution is -0.139. The van der Waals surface area contributed by atoms with Gasteiger partial charge in [-0.25, -0.2) is 0 Å². The van der Waals surface area contributed by atoms with Crippen molar-refractivity contribution >= 4 is 23.2 Å². The molecule has 1 atom stereocenters. The van der Waals surface area contributed by atoms with Gasteiger partial charge in [0.05, 0.1) is 19.3 Å². The van der Waals surface area contributed by atoms with Gasteiger partial charge in [-0.05, 0) is 29.1 Å². The van der Waals surface area contributed by atoms with Gasteiger partial charge in [0, 0.05) is 31.1 Å². The van der Waals surface area contributed by atoms with Crippen molar-refractivity contribution in [1.29, 1.82) is 0 Å². The molecule has 1 saturated heterocycles. The molecule has 154 valence electrons. The van der Waals surface area contributed by atoms with Crippen LogP contribution < -0.4 is 20.1 Å². The van der Waals surface area contributed by atoms with E-state index in [1.165, 1.54) is 0 Å². The Balaban J connectivity index is 1.29. The zero-order chi connectivity index (χ0) is 20.1. The summed E-state index contributed by atoms with van der Waals surface area (Å²) < 4.78 is 16.0. The largest absolute Gasteiger partial charge is 0.454 e. The second-order valence-electron chi connectivity index (χ2n) is 6.76. The van der Waals surface area contributed by atoms with Gasteiger partial charge in [0.2, 0.25) is 6.79 Å². The van der Waals surface area contributed by atoms with Gasteiger partial charge in [0.1, 0.15) is 0 Å². The summed E-state index contributed by atoms with van der Waals surface area (Å²) in [6, 6.07) is 9.49. The Morgan fingerprint density at radius 3 is 2.66 bits per heavy atom. The number of amides is 2. The molecule has 0 bridgehead atoms.